The summed E-state index contributed by atoms with van der Waals surface area (Å²) in [6, 6.07) is 9.32. The highest BCUT2D eigenvalue weighted by Crippen LogP contribution is 2.23. The van der Waals surface area contributed by atoms with E-state index in [9.17, 15) is 8.42 Å². The number of nitrogens with one attached hydrogen (secondary N) is 1. The minimum absolute atomic E-state index is 0.0839. The Hall–Kier alpha value is -0.870. The summed E-state index contributed by atoms with van der Waals surface area (Å²) in [7, 11) is -3.18. The number of hydrogen-bond donors (Lipinski definition) is 1. The van der Waals surface area contributed by atoms with Gasteiger partial charge in [-0.05, 0) is 24.3 Å². The lowest BCUT2D eigenvalue weighted by molar-refractivity contribution is 0.357. The summed E-state index contributed by atoms with van der Waals surface area (Å²) in [5.74, 6) is 0.616. The molecule has 1 aromatic carbocycles. The van der Waals surface area contributed by atoms with E-state index in [0.29, 0.717) is 12.5 Å². The molecule has 1 aliphatic rings. The van der Waals surface area contributed by atoms with Crippen LogP contribution in [-0.2, 0) is 15.8 Å². The number of rotatable bonds is 5. The maximum Gasteiger partial charge on any atom is 0.215 e. The normalized spacial score (nSPS) is 17.8. The van der Waals surface area contributed by atoms with Gasteiger partial charge in [-0.15, -0.1) is 0 Å². The molecule has 1 aromatic rings. The second-order valence-electron chi connectivity index (χ2n) is 5.10. The van der Waals surface area contributed by atoms with Crippen LogP contribution in [0.1, 0.15) is 37.7 Å². The molecule has 1 saturated carbocycles. The SMILES string of the molecule is O=S(=O)(Cc1ccccc1)NCC1CCCCC1. The molecular weight excluding hydrogens is 246 g/mol. The van der Waals surface area contributed by atoms with Gasteiger partial charge in [0.15, 0.2) is 0 Å². The summed E-state index contributed by atoms with van der Waals surface area (Å²) >= 11 is 0. The van der Waals surface area contributed by atoms with E-state index in [0.717, 1.165) is 18.4 Å². The fraction of sp³-hybridized carbons (Fsp3) is 0.571. The van der Waals surface area contributed by atoms with Gasteiger partial charge in [0, 0.05) is 6.54 Å². The summed E-state index contributed by atoms with van der Waals surface area (Å²) in [5, 5.41) is 0. The Morgan fingerprint density at radius 1 is 1.06 bits per heavy atom. The summed E-state index contributed by atoms with van der Waals surface area (Å²) in [5.41, 5.74) is 0.841. The highest BCUT2D eigenvalue weighted by molar-refractivity contribution is 7.88. The van der Waals surface area contributed by atoms with Crippen LogP contribution in [0.2, 0.25) is 0 Å². The first-order valence-corrected chi connectivity index (χ1v) is 8.32. The summed E-state index contributed by atoms with van der Waals surface area (Å²) in [6.07, 6.45) is 6.10. The van der Waals surface area contributed by atoms with E-state index >= 15 is 0 Å². The zero-order valence-electron chi connectivity index (χ0n) is 10.6. The molecule has 0 bridgehead atoms. The van der Waals surface area contributed by atoms with Crippen LogP contribution >= 0.6 is 0 Å². The van der Waals surface area contributed by atoms with Gasteiger partial charge in [-0.2, -0.15) is 0 Å². The number of sulfonamides is 1. The van der Waals surface area contributed by atoms with Crippen molar-refractivity contribution in [1.82, 2.24) is 4.72 Å². The maximum atomic E-state index is 11.9. The molecule has 0 spiro atoms. The zero-order valence-corrected chi connectivity index (χ0v) is 11.5. The second-order valence-corrected chi connectivity index (χ2v) is 6.90. The molecule has 0 radical (unpaired) electrons. The van der Waals surface area contributed by atoms with E-state index in [1.54, 1.807) is 0 Å². The van der Waals surface area contributed by atoms with E-state index < -0.39 is 10.0 Å². The molecule has 1 fully saturated rings. The summed E-state index contributed by atoms with van der Waals surface area (Å²) < 4.78 is 26.6. The third kappa shape index (κ3) is 4.42. The molecular formula is C14H21NO2S. The summed E-state index contributed by atoms with van der Waals surface area (Å²) in [4.78, 5) is 0. The van der Waals surface area contributed by atoms with Crippen LogP contribution in [-0.4, -0.2) is 15.0 Å². The highest BCUT2D eigenvalue weighted by atomic mass is 32.2. The van der Waals surface area contributed by atoms with Gasteiger partial charge in [-0.3, -0.25) is 0 Å². The van der Waals surface area contributed by atoms with Crippen molar-refractivity contribution in [3.05, 3.63) is 35.9 Å². The first-order chi connectivity index (χ1) is 8.66. The standard InChI is InChI=1S/C14H21NO2S/c16-18(17,12-14-9-5-2-6-10-14)15-11-13-7-3-1-4-8-13/h2,5-6,9-10,13,15H,1,3-4,7-8,11-12H2. The fourth-order valence-electron chi connectivity index (χ4n) is 2.48. The topological polar surface area (TPSA) is 46.2 Å². The molecule has 0 aromatic heterocycles. The molecule has 4 heteroatoms. The van der Waals surface area contributed by atoms with Crippen LogP contribution < -0.4 is 4.72 Å². The average Bonchev–Trinajstić information content (AvgIpc) is 2.38. The van der Waals surface area contributed by atoms with Crippen molar-refractivity contribution < 1.29 is 8.42 Å². The molecule has 0 unspecified atom stereocenters. The Kier molecular flexibility index (Phi) is 4.78. The molecule has 18 heavy (non-hydrogen) atoms. The Morgan fingerprint density at radius 2 is 1.72 bits per heavy atom. The van der Waals surface area contributed by atoms with Gasteiger partial charge in [0.2, 0.25) is 10.0 Å². The Balaban J connectivity index is 1.83. The maximum absolute atomic E-state index is 11.9. The Labute approximate surface area is 110 Å². The minimum atomic E-state index is -3.18. The van der Waals surface area contributed by atoms with Gasteiger partial charge >= 0.3 is 0 Å². The molecule has 0 aliphatic heterocycles. The fourth-order valence-corrected chi connectivity index (χ4v) is 3.70. The van der Waals surface area contributed by atoms with E-state index in [-0.39, 0.29) is 5.75 Å². The van der Waals surface area contributed by atoms with Crippen LogP contribution in [0.4, 0.5) is 0 Å². The molecule has 0 amide bonds. The first kappa shape index (κ1) is 13.6. The molecule has 0 heterocycles. The number of benzene rings is 1. The second kappa shape index (κ2) is 6.34. The van der Waals surface area contributed by atoms with Gasteiger partial charge in [-0.1, -0.05) is 49.6 Å². The van der Waals surface area contributed by atoms with Crippen molar-refractivity contribution in [3.63, 3.8) is 0 Å². The van der Waals surface area contributed by atoms with Gasteiger partial charge < -0.3 is 0 Å². The Bertz CT molecular complexity index is 450. The minimum Gasteiger partial charge on any atom is -0.215 e. The molecule has 0 atom stereocenters. The molecule has 100 valence electrons. The predicted octanol–water partition coefficient (Wildman–Crippen LogP) is 2.69. The van der Waals surface area contributed by atoms with Crippen LogP contribution in [0.5, 0.6) is 0 Å². The van der Waals surface area contributed by atoms with Gasteiger partial charge in [0.25, 0.3) is 0 Å². The lowest BCUT2D eigenvalue weighted by Gasteiger charge is -2.21. The average molecular weight is 267 g/mol. The van der Waals surface area contributed by atoms with Crippen molar-refractivity contribution in [2.24, 2.45) is 5.92 Å². The molecule has 3 nitrogen and oxygen atoms in total. The summed E-state index contributed by atoms with van der Waals surface area (Å²) in [6.45, 7) is 0.606. The van der Waals surface area contributed by atoms with Gasteiger partial charge in [0.05, 0.1) is 5.75 Å². The number of hydrogen-bond acceptors (Lipinski definition) is 2. The first-order valence-electron chi connectivity index (χ1n) is 6.67. The van der Waals surface area contributed by atoms with E-state index in [4.69, 9.17) is 0 Å². The van der Waals surface area contributed by atoms with E-state index in [1.165, 1.54) is 19.3 Å². The van der Waals surface area contributed by atoms with E-state index in [2.05, 4.69) is 4.72 Å². The lowest BCUT2D eigenvalue weighted by Crippen LogP contribution is -2.31. The van der Waals surface area contributed by atoms with Crippen molar-refractivity contribution >= 4 is 10.0 Å². The van der Waals surface area contributed by atoms with Gasteiger partial charge in [-0.25, -0.2) is 13.1 Å². The molecule has 2 rings (SSSR count). The monoisotopic (exact) mass is 267 g/mol. The zero-order chi connectivity index (χ0) is 12.8. The smallest absolute Gasteiger partial charge is 0.215 e. The van der Waals surface area contributed by atoms with Crippen molar-refractivity contribution in [1.29, 1.82) is 0 Å². The quantitative estimate of drug-likeness (QED) is 0.891. The van der Waals surface area contributed by atoms with Gasteiger partial charge in [0.1, 0.15) is 0 Å². The van der Waals surface area contributed by atoms with E-state index in [1.807, 2.05) is 30.3 Å². The lowest BCUT2D eigenvalue weighted by atomic mass is 9.90. The third-order valence-corrected chi connectivity index (χ3v) is 4.84. The third-order valence-electron chi connectivity index (χ3n) is 3.52. The van der Waals surface area contributed by atoms with Crippen LogP contribution in [0.15, 0.2) is 30.3 Å². The molecule has 0 saturated heterocycles. The molecule has 1 aliphatic carbocycles. The molecule has 1 N–H and O–H groups in total. The largest absolute Gasteiger partial charge is 0.215 e. The van der Waals surface area contributed by atoms with Crippen molar-refractivity contribution in [3.8, 4) is 0 Å². The predicted molar refractivity (Wildman–Crippen MR) is 73.6 cm³/mol. The van der Waals surface area contributed by atoms with Crippen LogP contribution in [0, 0.1) is 5.92 Å². The highest BCUT2D eigenvalue weighted by Gasteiger charge is 2.17. The van der Waals surface area contributed by atoms with Crippen molar-refractivity contribution in [2.45, 2.75) is 37.9 Å². The van der Waals surface area contributed by atoms with Crippen molar-refractivity contribution in [2.75, 3.05) is 6.54 Å². The Morgan fingerprint density at radius 3 is 2.39 bits per heavy atom. The van der Waals surface area contributed by atoms with Crippen LogP contribution in [0.25, 0.3) is 0 Å². The van der Waals surface area contributed by atoms with Crippen LogP contribution in [0.3, 0.4) is 0 Å².